The highest BCUT2D eigenvalue weighted by Gasteiger charge is 2.29. The molecule has 3 rings (SSSR count). The average molecular weight is 300 g/mol. The molecular formula is C17H20N2O3. The molecule has 1 heterocycles. The summed E-state index contributed by atoms with van der Waals surface area (Å²) in [5, 5.41) is 13.2. The Morgan fingerprint density at radius 1 is 1.23 bits per heavy atom. The van der Waals surface area contributed by atoms with Crippen molar-refractivity contribution in [2.75, 3.05) is 6.54 Å². The van der Waals surface area contributed by atoms with Crippen LogP contribution >= 0.6 is 0 Å². The summed E-state index contributed by atoms with van der Waals surface area (Å²) in [6.45, 7) is 0.263. The fourth-order valence-electron chi connectivity index (χ4n) is 2.81. The third-order valence-corrected chi connectivity index (χ3v) is 4.12. The minimum atomic E-state index is -0.778. The smallest absolute Gasteiger partial charge is 0.273 e. The van der Waals surface area contributed by atoms with E-state index in [0.29, 0.717) is 5.89 Å². The van der Waals surface area contributed by atoms with Gasteiger partial charge >= 0.3 is 0 Å². The zero-order valence-electron chi connectivity index (χ0n) is 12.4. The fraction of sp³-hybridized carbons (Fsp3) is 0.412. The molecule has 1 fully saturated rings. The molecule has 0 unspecified atom stereocenters. The van der Waals surface area contributed by atoms with Crippen LogP contribution in [0.4, 0.5) is 0 Å². The molecule has 1 aliphatic carbocycles. The van der Waals surface area contributed by atoms with Crippen LogP contribution in [0, 0.1) is 0 Å². The lowest BCUT2D eigenvalue weighted by molar-refractivity contribution is 0.00521. The van der Waals surface area contributed by atoms with Gasteiger partial charge in [0.25, 0.3) is 5.91 Å². The van der Waals surface area contributed by atoms with E-state index < -0.39 is 5.60 Å². The average Bonchev–Trinajstić information content (AvgIpc) is 3.04. The van der Waals surface area contributed by atoms with Crippen LogP contribution in [0.1, 0.15) is 42.6 Å². The van der Waals surface area contributed by atoms with Crippen LogP contribution < -0.4 is 5.32 Å². The van der Waals surface area contributed by atoms with Crippen LogP contribution in [0.25, 0.3) is 11.5 Å². The first kappa shape index (κ1) is 14.8. The molecule has 0 aliphatic heterocycles. The Labute approximate surface area is 129 Å². The van der Waals surface area contributed by atoms with Gasteiger partial charge in [-0.2, -0.15) is 0 Å². The Hall–Kier alpha value is -2.14. The van der Waals surface area contributed by atoms with Gasteiger partial charge in [0.15, 0.2) is 5.69 Å². The van der Waals surface area contributed by atoms with Crippen LogP contribution in [0.2, 0.25) is 0 Å². The number of hydrogen-bond acceptors (Lipinski definition) is 4. The third-order valence-electron chi connectivity index (χ3n) is 4.12. The molecular weight excluding hydrogens is 280 g/mol. The van der Waals surface area contributed by atoms with Gasteiger partial charge in [0, 0.05) is 12.1 Å². The molecule has 0 saturated heterocycles. The van der Waals surface area contributed by atoms with Crippen LogP contribution in [0.5, 0.6) is 0 Å². The van der Waals surface area contributed by atoms with Gasteiger partial charge in [-0.3, -0.25) is 4.79 Å². The third kappa shape index (κ3) is 3.36. The number of hydrogen-bond donors (Lipinski definition) is 2. The Balaban J connectivity index is 1.62. The Kier molecular flexibility index (Phi) is 4.24. The first-order valence-electron chi connectivity index (χ1n) is 7.68. The van der Waals surface area contributed by atoms with Crippen molar-refractivity contribution in [2.24, 2.45) is 0 Å². The number of carbonyl (C=O) groups is 1. The standard InChI is InChI=1S/C17H20N2O3/c20-15(18-12-17(21)9-5-2-6-10-17)14-11-22-16(19-14)13-7-3-1-4-8-13/h1,3-4,7-8,11,21H,2,5-6,9-10,12H2,(H,18,20). The highest BCUT2D eigenvalue weighted by molar-refractivity contribution is 5.92. The van der Waals surface area contributed by atoms with Crippen molar-refractivity contribution < 1.29 is 14.3 Å². The maximum Gasteiger partial charge on any atom is 0.273 e. The molecule has 1 aliphatic rings. The van der Waals surface area contributed by atoms with E-state index in [-0.39, 0.29) is 18.1 Å². The Morgan fingerprint density at radius 2 is 1.95 bits per heavy atom. The minimum absolute atomic E-state index is 0.235. The van der Waals surface area contributed by atoms with Crippen LogP contribution in [-0.4, -0.2) is 28.1 Å². The number of benzene rings is 1. The summed E-state index contributed by atoms with van der Waals surface area (Å²) in [6.07, 6.45) is 5.99. The number of nitrogens with zero attached hydrogens (tertiary/aromatic N) is 1. The molecule has 1 aromatic carbocycles. The zero-order valence-corrected chi connectivity index (χ0v) is 12.4. The maximum absolute atomic E-state index is 12.1. The van der Waals surface area contributed by atoms with Gasteiger partial charge in [-0.25, -0.2) is 4.98 Å². The summed E-state index contributed by atoms with van der Waals surface area (Å²) in [7, 11) is 0. The molecule has 1 aromatic heterocycles. The van der Waals surface area contributed by atoms with Crippen LogP contribution in [0.3, 0.4) is 0 Å². The van der Waals surface area contributed by atoms with E-state index in [2.05, 4.69) is 10.3 Å². The molecule has 22 heavy (non-hydrogen) atoms. The Bertz CT molecular complexity index is 630. The van der Waals surface area contributed by atoms with Crippen LogP contribution in [-0.2, 0) is 0 Å². The van der Waals surface area contributed by atoms with Gasteiger partial charge in [0.05, 0.1) is 5.60 Å². The molecule has 1 amide bonds. The molecule has 0 radical (unpaired) electrons. The van der Waals surface area contributed by atoms with Crippen molar-refractivity contribution in [1.29, 1.82) is 0 Å². The van der Waals surface area contributed by atoms with E-state index in [1.165, 1.54) is 6.26 Å². The number of rotatable bonds is 4. The largest absolute Gasteiger partial charge is 0.444 e. The van der Waals surface area contributed by atoms with E-state index >= 15 is 0 Å². The van der Waals surface area contributed by atoms with Crippen molar-refractivity contribution in [3.05, 3.63) is 42.3 Å². The lowest BCUT2D eigenvalue weighted by Gasteiger charge is -2.31. The summed E-state index contributed by atoms with van der Waals surface area (Å²) < 4.78 is 5.35. The molecule has 5 nitrogen and oxygen atoms in total. The van der Waals surface area contributed by atoms with Crippen molar-refractivity contribution in [3.63, 3.8) is 0 Å². The minimum Gasteiger partial charge on any atom is -0.444 e. The molecule has 0 atom stereocenters. The topological polar surface area (TPSA) is 75.4 Å². The second-order valence-corrected chi connectivity index (χ2v) is 5.87. The van der Waals surface area contributed by atoms with Gasteiger partial charge in [0.2, 0.25) is 5.89 Å². The normalized spacial score (nSPS) is 17.1. The molecule has 5 heteroatoms. The summed E-state index contributed by atoms with van der Waals surface area (Å²) >= 11 is 0. The quantitative estimate of drug-likeness (QED) is 0.910. The van der Waals surface area contributed by atoms with Gasteiger partial charge in [0.1, 0.15) is 6.26 Å². The van der Waals surface area contributed by atoms with Crippen molar-refractivity contribution in [2.45, 2.75) is 37.7 Å². The Morgan fingerprint density at radius 3 is 2.68 bits per heavy atom. The zero-order chi connectivity index (χ0) is 15.4. The van der Waals surface area contributed by atoms with E-state index in [1.807, 2.05) is 30.3 Å². The number of aromatic nitrogens is 1. The second kappa shape index (κ2) is 6.32. The second-order valence-electron chi connectivity index (χ2n) is 5.87. The van der Waals surface area contributed by atoms with Gasteiger partial charge in [-0.15, -0.1) is 0 Å². The van der Waals surface area contributed by atoms with Gasteiger partial charge < -0.3 is 14.8 Å². The van der Waals surface area contributed by atoms with Crippen molar-refractivity contribution in [3.8, 4) is 11.5 Å². The van der Waals surface area contributed by atoms with E-state index in [0.717, 1.165) is 37.7 Å². The number of aliphatic hydroxyl groups is 1. The first-order valence-corrected chi connectivity index (χ1v) is 7.68. The number of nitrogens with one attached hydrogen (secondary N) is 1. The summed E-state index contributed by atoms with van der Waals surface area (Å²) in [5.41, 5.74) is 0.283. The highest BCUT2D eigenvalue weighted by atomic mass is 16.3. The van der Waals surface area contributed by atoms with Crippen molar-refractivity contribution >= 4 is 5.91 Å². The van der Waals surface area contributed by atoms with Crippen molar-refractivity contribution in [1.82, 2.24) is 10.3 Å². The lowest BCUT2D eigenvalue weighted by atomic mass is 9.85. The summed E-state index contributed by atoms with van der Waals surface area (Å²) in [5.74, 6) is 0.104. The molecule has 0 bridgehead atoms. The van der Waals surface area contributed by atoms with E-state index in [1.54, 1.807) is 0 Å². The fourth-order valence-corrected chi connectivity index (χ4v) is 2.81. The maximum atomic E-state index is 12.1. The molecule has 2 aromatic rings. The predicted molar refractivity (Wildman–Crippen MR) is 82.3 cm³/mol. The summed E-state index contributed by atoms with van der Waals surface area (Å²) in [4.78, 5) is 16.3. The molecule has 116 valence electrons. The lowest BCUT2D eigenvalue weighted by Crippen LogP contribution is -2.44. The van der Waals surface area contributed by atoms with E-state index in [9.17, 15) is 9.90 Å². The molecule has 0 spiro atoms. The first-order chi connectivity index (χ1) is 10.7. The number of amides is 1. The SMILES string of the molecule is O=C(NCC1(O)CCCCC1)c1coc(-c2ccccc2)n1. The molecule has 2 N–H and O–H groups in total. The van der Waals surface area contributed by atoms with Gasteiger partial charge in [-0.05, 0) is 25.0 Å². The highest BCUT2D eigenvalue weighted by Crippen LogP contribution is 2.27. The van der Waals surface area contributed by atoms with Crippen LogP contribution in [0.15, 0.2) is 41.0 Å². The van der Waals surface area contributed by atoms with E-state index in [4.69, 9.17) is 4.42 Å². The predicted octanol–water partition coefficient (Wildman–Crippen LogP) is 2.77. The van der Waals surface area contributed by atoms with Gasteiger partial charge in [-0.1, -0.05) is 37.5 Å². The monoisotopic (exact) mass is 300 g/mol. The summed E-state index contributed by atoms with van der Waals surface area (Å²) in [6, 6.07) is 9.43. The number of oxazole rings is 1. The molecule has 1 saturated carbocycles. The number of carbonyl (C=O) groups excluding carboxylic acids is 1.